The van der Waals surface area contributed by atoms with Gasteiger partial charge in [-0.2, -0.15) is 0 Å². The van der Waals surface area contributed by atoms with E-state index in [0.717, 1.165) is 49.4 Å². The fraction of sp³-hybridized carbons (Fsp3) is 0.556. The number of likely N-dealkylation sites (tertiary alicyclic amines) is 1. The number of pyridine rings is 1. The Hall–Kier alpha value is -2.13. The fourth-order valence-corrected chi connectivity index (χ4v) is 6.35. The van der Waals surface area contributed by atoms with E-state index in [0.29, 0.717) is 25.7 Å². The number of ether oxygens (including phenoxy) is 3. The van der Waals surface area contributed by atoms with Crippen molar-refractivity contribution in [1.29, 1.82) is 0 Å². The fourth-order valence-electron chi connectivity index (χ4n) is 5.21. The smallest absolute Gasteiger partial charge is 0.251 e. The number of amides is 1. The first kappa shape index (κ1) is 24.6. The van der Waals surface area contributed by atoms with E-state index in [1.54, 1.807) is 7.11 Å². The Balaban J connectivity index is 1.17. The van der Waals surface area contributed by atoms with Gasteiger partial charge in [0.1, 0.15) is 24.1 Å². The summed E-state index contributed by atoms with van der Waals surface area (Å²) in [5.74, 6) is 1.76. The van der Waals surface area contributed by atoms with Crippen LogP contribution in [0.5, 0.6) is 5.75 Å². The lowest BCUT2D eigenvalue weighted by molar-refractivity contribution is -0.145. The van der Waals surface area contributed by atoms with Crippen LogP contribution >= 0.6 is 11.9 Å². The van der Waals surface area contributed by atoms with E-state index in [2.05, 4.69) is 33.6 Å². The van der Waals surface area contributed by atoms with E-state index in [-0.39, 0.29) is 24.2 Å². The monoisotopic (exact) mass is 497 g/mol. The van der Waals surface area contributed by atoms with Gasteiger partial charge in [-0.3, -0.25) is 9.78 Å². The van der Waals surface area contributed by atoms with Gasteiger partial charge >= 0.3 is 0 Å². The molecule has 0 aliphatic carbocycles. The third-order valence-electron chi connectivity index (χ3n) is 7.10. The molecule has 1 aromatic heterocycles. The quantitative estimate of drug-likeness (QED) is 0.506. The summed E-state index contributed by atoms with van der Waals surface area (Å²) in [6.45, 7) is 2.81. The molecule has 4 unspecified atom stereocenters. The molecule has 3 aliphatic rings. The van der Waals surface area contributed by atoms with Crippen molar-refractivity contribution in [2.75, 3.05) is 33.4 Å². The first-order valence-corrected chi connectivity index (χ1v) is 13.6. The van der Waals surface area contributed by atoms with Crippen molar-refractivity contribution in [3.63, 3.8) is 0 Å². The van der Waals surface area contributed by atoms with Gasteiger partial charge in [0.05, 0.1) is 24.8 Å². The second-order valence-electron chi connectivity index (χ2n) is 9.50. The van der Waals surface area contributed by atoms with Crippen LogP contribution in [0.25, 0.3) is 0 Å². The van der Waals surface area contributed by atoms with Gasteiger partial charge in [-0.1, -0.05) is 30.1 Å². The van der Waals surface area contributed by atoms with E-state index in [1.807, 2.05) is 41.2 Å². The zero-order chi connectivity index (χ0) is 24.0. The molecule has 1 aromatic carbocycles. The molecule has 4 heterocycles. The maximum Gasteiger partial charge on any atom is 0.251 e. The maximum atomic E-state index is 12.9. The summed E-state index contributed by atoms with van der Waals surface area (Å²) in [4.78, 5) is 19.4. The van der Waals surface area contributed by atoms with Gasteiger partial charge in [-0.15, -0.1) is 0 Å². The number of carbonyl (C=O) groups excluding carboxylic acids is 1. The van der Waals surface area contributed by atoms with E-state index >= 15 is 0 Å². The lowest BCUT2D eigenvalue weighted by atomic mass is 10.1. The van der Waals surface area contributed by atoms with Gasteiger partial charge in [-0.05, 0) is 61.9 Å². The minimum atomic E-state index is -0.319. The third-order valence-corrected chi connectivity index (χ3v) is 8.33. The van der Waals surface area contributed by atoms with E-state index in [1.165, 1.54) is 12.0 Å². The van der Waals surface area contributed by atoms with Crippen molar-refractivity contribution in [1.82, 2.24) is 14.2 Å². The summed E-state index contributed by atoms with van der Waals surface area (Å²) >= 11 is 1.86. The van der Waals surface area contributed by atoms with Crippen LogP contribution in [0.3, 0.4) is 0 Å². The molecule has 3 aliphatic heterocycles. The van der Waals surface area contributed by atoms with Crippen LogP contribution in [-0.2, 0) is 20.0 Å². The highest BCUT2D eigenvalue weighted by Crippen LogP contribution is 2.37. The molecule has 0 N–H and O–H groups in total. The van der Waals surface area contributed by atoms with Crippen LogP contribution in [0.4, 0.5) is 0 Å². The highest BCUT2D eigenvalue weighted by atomic mass is 32.2. The number of nitrogens with zero attached hydrogens (tertiary/aromatic N) is 3. The van der Waals surface area contributed by atoms with Crippen LogP contribution in [0.2, 0.25) is 0 Å². The molecule has 3 saturated heterocycles. The van der Waals surface area contributed by atoms with Gasteiger partial charge in [0.15, 0.2) is 0 Å². The minimum absolute atomic E-state index is 0.0658. The minimum Gasteiger partial charge on any atom is -0.486 e. The summed E-state index contributed by atoms with van der Waals surface area (Å²) < 4.78 is 20.2. The number of aromatic nitrogens is 1. The zero-order valence-electron chi connectivity index (χ0n) is 20.4. The van der Waals surface area contributed by atoms with E-state index in [4.69, 9.17) is 14.2 Å². The lowest BCUT2D eigenvalue weighted by Crippen LogP contribution is -2.41. The molecule has 0 bridgehead atoms. The molecule has 4 atom stereocenters. The van der Waals surface area contributed by atoms with Crippen LogP contribution in [0, 0.1) is 0 Å². The van der Waals surface area contributed by atoms with Crippen LogP contribution in [0.15, 0.2) is 48.7 Å². The first-order valence-electron chi connectivity index (χ1n) is 12.7. The van der Waals surface area contributed by atoms with Crippen molar-refractivity contribution in [2.45, 2.75) is 62.2 Å². The van der Waals surface area contributed by atoms with Crippen molar-refractivity contribution < 1.29 is 19.0 Å². The molecule has 35 heavy (non-hydrogen) atoms. The Kier molecular flexibility index (Phi) is 8.24. The summed E-state index contributed by atoms with van der Waals surface area (Å²) in [7, 11) is 1.69. The summed E-state index contributed by atoms with van der Waals surface area (Å²) in [5.41, 5.74) is 2.37. The predicted octanol–water partition coefficient (Wildman–Crippen LogP) is 4.24. The summed E-state index contributed by atoms with van der Waals surface area (Å²) in [6.07, 6.45) is 6.44. The Morgan fingerprint density at radius 3 is 2.83 bits per heavy atom. The topological polar surface area (TPSA) is 64.1 Å². The highest BCUT2D eigenvalue weighted by molar-refractivity contribution is 7.96. The van der Waals surface area contributed by atoms with Crippen molar-refractivity contribution in [3.8, 4) is 5.75 Å². The summed E-state index contributed by atoms with van der Waals surface area (Å²) in [5, 5.41) is 0. The lowest BCUT2D eigenvalue weighted by Gasteiger charge is -2.26. The van der Waals surface area contributed by atoms with Crippen molar-refractivity contribution in [2.24, 2.45) is 0 Å². The van der Waals surface area contributed by atoms with E-state index in [9.17, 15) is 4.79 Å². The molecule has 0 saturated carbocycles. The number of hydrogen-bond donors (Lipinski definition) is 0. The number of hydrogen-bond acceptors (Lipinski definition) is 7. The first-order chi connectivity index (χ1) is 17.2. The van der Waals surface area contributed by atoms with Crippen LogP contribution < -0.4 is 4.74 Å². The molecule has 1 amide bonds. The maximum absolute atomic E-state index is 12.9. The Morgan fingerprint density at radius 2 is 2.03 bits per heavy atom. The van der Waals surface area contributed by atoms with Gasteiger partial charge in [0.25, 0.3) is 5.91 Å². The molecule has 5 rings (SSSR count). The standard InChI is InChI=1S/C27H35N3O4S/c1-32-25-17-29(27(31)24-12-3-5-15-33-24)18-26(25)34-21-9-6-8-20(16-21)19-35-30-14-7-11-23(30)22-10-2-4-13-28-22/h2,4,6,8-10,13,16,23-26H,3,5,7,11-12,14-15,17-19H2,1H3. The second-order valence-corrected chi connectivity index (χ2v) is 10.5. The molecule has 0 spiro atoms. The second kappa shape index (κ2) is 11.7. The molecule has 3 fully saturated rings. The zero-order valence-corrected chi connectivity index (χ0v) is 21.2. The number of carbonyl (C=O) groups is 1. The van der Waals surface area contributed by atoms with E-state index < -0.39 is 0 Å². The van der Waals surface area contributed by atoms with Gasteiger partial charge in [0.2, 0.25) is 0 Å². The predicted molar refractivity (Wildman–Crippen MR) is 136 cm³/mol. The molecule has 8 heteroatoms. The molecule has 7 nitrogen and oxygen atoms in total. The molecular weight excluding hydrogens is 462 g/mol. The van der Waals surface area contributed by atoms with Crippen LogP contribution in [-0.4, -0.2) is 71.8 Å². The Labute approximate surface area is 212 Å². The molecular formula is C27H35N3O4S. The Bertz CT molecular complexity index is 972. The SMILES string of the molecule is COC1CN(C(=O)C2CCCCO2)CC1Oc1cccc(CSN2CCCC2c2ccccn2)c1. The van der Waals surface area contributed by atoms with Crippen molar-refractivity contribution in [3.05, 3.63) is 59.9 Å². The normalized spacial score (nSPS) is 27.3. The summed E-state index contributed by atoms with van der Waals surface area (Å²) in [6, 6.07) is 14.8. The van der Waals surface area contributed by atoms with Gasteiger partial charge in [0, 0.05) is 32.2 Å². The number of rotatable bonds is 8. The number of benzene rings is 1. The largest absolute Gasteiger partial charge is 0.486 e. The molecule has 188 valence electrons. The van der Waals surface area contributed by atoms with Crippen LogP contribution in [0.1, 0.15) is 49.4 Å². The third kappa shape index (κ3) is 6.00. The van der Waals surface area contributed by atoms with Gasteiger partial charge < -0.3 is 19.1 Å². The molecule has 2 aromatic rings. The average molecular weight is 498 g/mol. The molecule has 0 radical (unpaired) electrons. The highest BCUT2D eigenvalue weighted by Gasteiger charge is 2.39. The van der Waals surface area contributed by atoms with Crippen molar-refractivity contribution >= 4 is 17.9 Å². The Morgan fingerprint density at radius 1 is 1.11 bits per heavy atom. The van der Waals surface area contributed by atoms with Gasteiger partial charge in [-0.25, -0.2) is 4.31 Å². The average Bonchev–Trinajstić information content (AvgIpc) is 3.55. The number of methoxy groups -OCH3 is 1.